The Morgan fingerprint density at radius 3 is 2.46 bits per heavy atom. The summed E-state index contributed by atoms with van der Waals surface area (Å²) in [5.41, 5.74) is 0.977. The summed E-state index contributed by atoms with van der Waals surface area (Å²) in [5.74, 6) is -3.41. The molecule has 4 heterocycles. The van der Waals surface area contributed by atoms with Crippen molar-refractivity contribution in [2.45, 2.75) is 18.0 Å². The van der Waals surface area contributed by atoms with E-state index in [-0.39, 0.29) is 45.7 Å². The van der Waals surface area contributed by atoms with Gasteiger partial charge in [-0.1, -0.05) is 42.5 Å². The van der Waals surface area contributed by atoms with Crippen molar-refractivity contribution in [1.82, 2.24) is 14.7 Å². The highest BCUT2D eigenvalue weighted by atomic mass is 19.3. The van der Waals surface area contributed by atoms with Crippen LogP contribution in [0.2, 0.25) is 0 Å². The fourth-order valence-electron chi connectivity index (χ4n) is 6.51. The summed E-state index contributed by atoms with van der Waals surface area (Å²) >= 11 is 0. The van der Waals surface area contributed by atoms with E-state index in [1.807, 2.05) is 6.07 Å². The number of fused-ring (bicyclic) bond motifs is 3. The van der Waals surface area contributed by atoms with Crippen LogP contribution in [0.25, 0.3) is 0 Å². The third-order valence-corrected chi connectivity index (χ3v) is 8.90. The molecule has 12 heteroatoms. The van der Waals surface area contributed by atoms with Crippen molar-refractivity contribution < 1.29 is 27.8 Å². The van der Waals surface area contributed by atoms with Crippen molar-refractivity contribution in [3.63, 3.8) is 0 Å². The lowest BCUT2D eigenvalue weighted by atomic mass is 9.99. The zero-order valence-electron chi connectivity index (χ0n) is 24.9. The third-order valence-electron chi connectivity index (χ3n) is 8.90. The summed E-state index contributed by atoms with van der Waals surface area (Å²) < 4.78 is 42.9. The second-order valence-electron chi connectivity index (χ2n) is 11.8. The Morgan fingerprint density at radius 1 is 1.07 bits per heavy atom. The number of carbonyl (C=O) groups excluding carboxylic acids is 2. The van der Waals surface area contributed by atoms with Crippen LogP contribution in [0.15, 0.2) is 79.0 Å². The highest BCUT2D eigenvalue weighted by Crippen LogP contribution is 2.41. The molecule has 2 fully saturated rings. The summed E-state index contributed by atoms with van der Waals surface area (Å²) in [6, 6.07) is 19.3. The SMILES string of the molecule is COc1ccc(C(=O)Nc2cnn3c2C(=O)N(c2ccc(C(F)(F)c4ccccc4)cc2)[C@H]2CN(CC4COC4)C[C@@H]23)cc1C#N. The topological polar surface area (TPSA) is 113 Å². The number of rotatable bonds is 8. The van der Waals surface area contributed by atoms with Crippen LogP contribution < -0.4 is 15.0 Å². The fourth-order valence-corrected chi connectivity index (χ4v) is 6.51. The maximum atomic E-state index is 15.4. The number of methoxy groups -OCH3 is 1. The van der Waals surface area contributed by atoms with Crippen LogP contribution in [0, 0.1) is 17.2 Å². The third kappa shape index (κ3) is 5.07. The summed E-state index contributed by atoms with van der Waals surface area (Å²) in [5, 5.41) is 16.8. The minimum atomic E-state index is -3.22. The number of benzene rings is 3. The number of hydrogen-bond acceptors (Lipinski definition) is 7. The maximum absolute atomic E-state index is 15.4. The van der Waals surface area contributed by atoms with Gasteiger partial charge >= 0.3 is 0 Å². The Balaban J connectivity index is 1.22. The van der Waals surface area contributed by atoms with Gasteiger partial charge in [-0.2, -0.15) is 19.1 Å². The van der Waals surface area contributed by atoms with Gasteiger partial charge in [0.2, 0.25) is 0 Å². The van der Waals surface area contributed by atoms with Gasteiger partial charge in [-0.25, -0.2) is 0 Å². The van der Waals surface area contributed by atoms with Gasteiger partial charge in [0, 0.05) is 47.9 Å². The van der Waals surface area contributed by atoms with Gasteiger partial charge in [0.25, 0.3) is 17.7 Å². The average molecular weight is 625 g/mol. The quantitative estimate of drug-likeness (QED) is 0.303. The van der Waals surface area contributed by atoms with E-state index in [9.17, 15) is 14.9 Å². The first kappa shape index (κ1) is 29.6. The number of aromatic nitrogens is 2. The van der Waals surface area contributed by atoms with Crippen LogP contribution in [-0.4, -0.2) is 72.5 Å². The predicted octanol–water partition coefficient (Wildman–Crippen LogP) is 4.69. The Hall–Kier alpha value is -5.12. The molecule has 0 aliphatic carbocycles. The molecule has 3 aliphatic rings. The van der Waals surface area contributed by atoms with E-state index in [4.69, 9.17) is 9.47 Å². The van der Waals surface area contributed by atoms with Gasteiger partial charge in [-0.05, 0) is 30.3 Å². The van der Waals surface area contributed by atoms with Crippen LogP contribution in [-0.2, 0) is 10.7 Å². The standard InChI is InChI=1S/C34H30F2N6O4/c1-45-30-12-7-22(13-23(30)14-37)32(43)39-27-15-38-42-29-18-40(16-21-19-46-20-21)17-28(29)41(33(44)31(27)42)26-10-8-25(9-11-26)34(35,36)24-5-3-2-4-6-24/h2-13,15,21,28-29H,16-20H2,1H3,(H,39,43)/t28-,29-/m0/s1. The molecule has 234 valence electrons. The number of carbonyl (C=O) groups is 2. The number of alkyl halides is 2. The lowest BCUT2D eigenvalue weighted by Gasteiger charge is -2.37. The first-order valence-corrected chi connectivity index (χ1v) is 14.9. The molecule has 0 unspecified atom stereocenters. The van der Waals surface area contributed by atoms with Crippen molar-refractivity contribution in [2.24, 2.45) is 5.92 Å². The zero-order valence-corrected chi connectivity index (χ0v) is 24.9. The normalized spacial score (nSPS) is 19.6. The average Bonchev–Trinajstić information content (AvgIpc) is 3.67. The molecule has 0 spiro atoms. The van der Waals surface area contributed by atoms with Crippen LogP contribution in [0.4, 0.5) is 20.2 Å². The maximum Gasteiger partial charge on any atom is 0.298 e. The first-order chi connectivity index (χ1) is 22.3. The van der Waals surface area contributed by atoms with E-state index in [1.54, 1.807) is 39.9 Å². The van der Waals surface area contributed by atoms with E-state index < -0.39 is 17.7 Å². The molecule has 10 nitrogen and oxygen atoms in total. The van der Waals surface area contributed by atoms with Gasteiger partial charge in [0.1, 0.15) is 11.8 Å². The number of halogens is 2. The van der Waals surface area contributed by atoms with Crippen LogP contribution in [0.3, 0.4) is 0 Å². The number of anilines is 2. The molecular weight excluding hydrogens is 594 g/mol. The second-order valence-corrected chi connectivity index (χ2v) is 11.8. The summed E-state index contributed by atoms with van der Waals surface area (Å²) in [6.07, 6.45) is 1.45. The molecule has 2 atom stereocenters. The Labute approximate surface area is 263 Å². The van der Waals surface area contributed by atoms with Crippen molar-refractivity contribution in [3.8, 4) is 11.8 Å². The van der Waals surface area contributed by atoms with Gasteiger partial charge in [0.05, 0.1) is 49.9 Å². The Morgan fingerprint density at radius 2 is 1.78 bits per heavy atom. The van der Waals surface area contributed by atoms with E-state index in [2.05, 4.69) is 15.3 Å². The van der Waals surface area contributed by atoms with Crippen molar-refractivity contribution in [2.75, 3.05) is 50.2 Å². The van der Waals surface area contributed by atoms with Gasteiger partial charge in [0.15, 0.2) is 5.69 Å². The number of nitriles is 1. The lowest BCUT2D eigenvalue weighted by Crippen LogP contribution is -2.51. The van der Waals surface area contributed by atoms with Crippen LogP contribution in [0.1, 0.15) is 43.6 Å². The van der Waals surface area contributed by atoms with Gasteiger partial charge in [-0.3, -0.25) is 19.2 Å². The number of amides is 2. The number of hydrogen-bond donors (Lipinski definition) is 1. The van der Waals surface area contributed by atoms with Crippen molar-refractivity contribution in [3.05, 3.63) is 107 Å². The highest BCUT2D eigenvalue weighted by molar-refractivity contribution is 6.13. The molecule has 3 aromatic carbocycles. The smallest absolute Gasteiger partial charge is 0.298 e. The number of ether oxygens (including phenoxy) is 2. The lowest BCUT2D eigenvalue weighted by molar-refractivity contribution is -0.0443. The van der Waals surface area contributed by atoms with Gasteiger partial charge < -0.3 is 19.7 Å². The van der Waals surface area contributed by atoms with Crippen LogP contribution in [0.5, 0.6) is 5.75 Å². The summed E-state index contributed by atoms with van der Waals surface area (Å²) in [7, 11) is 1.44. The summed E-state index contributed by atoms with van der Waals surface area (Å²) in [6.45, 7) is 3.36. The molecular formula is C34H30F2N6O4. The highest BCUT2D eigenvalue weighted by Gasteiger charge is 2.48. The van der Waals surface area contributed by atoms with Crippen molar-refractivity contribution in [1.29, 1.82) is 5.26 Å². The number of likely N-dealkylation sites (tertiary alicyclic amines) is 1. The number of nitrogens with one attached hydrogen (secondary N) is 1. The first-order valence-electron chi connectivity index (χ1n) is 14.9. The monoisotopic (exact) mass is 624 g/mol. The van der Waals surface area contributed by atoms with E-state index in [0.29, 0.717) is 43.7 Å². The minimum absolute atomic E-state index is 0.119. The molecule has 0 radical (unpaired) electrons. The van der Waals surface area contributed by atoms with E-state index in [0.717, 1.165) is 6.54 Å². The molecule has 4 aromatic rings. The number of nitrogens with zero attached hydrogens (tertiary/aromatic N) is 5. The fraction of sp³-hybridized carbons (Fsp3) is 0.294. The largest absolute Gasteiger partial charge is 0.495 e. The Bertz CT molecular complexity index is 1830. The molecule has 2 saturated heterocycles. The second kappa shape index (κ2) is 11.7. The molecule has 1 aromatic heterocycles. The molecule has 2 amide bonds. The predicted molar refractivity (Wildman–Crippen MR) is 164 cm³/mol. The molecule has 7 rings (SSSR count). The molecule has 0 saturated carbocycles. The molecule has 1 N–H and O–H groups in total. The molecule has 46 heavy (non-hydrogen) atoms. The van der Waals surface area contributed by atoms with E-state index >= 15 is 8.78 Å². The van der Waals surface area contributed by atoms with Crippen molar-refractivity contribution >= 4 is 23.2 Å². The Kier molecular flexibility index (Phi) is 7.50. The molecule has 0 bridgehead atoms. The summed E-state index contributed by atoms with van der Waals surface area (Å²) in [4.78, 5) is 31.5. The molecule has 3 aliphatic heterocycles. The minimum Gasteiger partial charge on any atom is -0.495 e. The van der Waals surface area contributed by atoms with E-state index in [1.165, 1.54) is 55.8 Å². The zero-order chi connectivity index (χ0) is 32.0. The van der Waals surface area contributed by atoms with Gasteiger partial charge in [-0.15, -0.1) is 0 Å². The van der Waals surface area contributed by atoms with Crippen LogP contribution >= 0.6 is 0 Å².